The molecular formula is C15H26N2O. The van der Waals surface area contributed by atoms with E-state index in [9.17, 15) is 0 Å². The fourth-order valence-corrected chi connectivity index (χ4v) is 2.70. The Bertz CT molecular complexity index is 262. The lowest BCUT2D eigenvalue weighted by atomic mass is 10.0. The zero-order valence-corrected chi connectivity index (χ0v) is 11.4. The molecule has 0 saturated heterocycles. The van der Waals surface area contributed by atoms with Gasteiger partial charge in [-0.25, -0.2) is 0 Å². The maximum absolute atomic E-state index is 9.02. The fourth-order valence-electron chi connectivity index (χ4n) is 2.70. The Morgan fingerprint density at radius 3 is 2.44 bits per heavy atom. The van der Waals surface area contributed by atoms with Gasteiger partial charge in [0.05, 0.1) is 12.1 Å². The Hall–Kier alpha value is -0.590. The minimum Gasteiger partial charge on any atom is -0.381 e. The largest absolute Gasteiger partial charge is 0.381 e. The normalized spacial score (nSPS) is 23.3. The molecule has 2 rings (SSSR count). The van der Waals surface area contributed by atoms with E-state index in [0.29, 0.717) is 6.04 Å². The minimum absolute atomic E-state index is 0.00775. The molecule has 1 unspecified atom stereocenters. The molecule has 0 heterocycles. The van der Waals surface area contributed by atoms with E-state index < -0.39 is 0 Å². The van der Waals surface area contributed by atoms with Gasteiger partial charge in [0.25, 0.3) is 0 Å². The second-order valence-electron chi connectivity index (χ2n) is 5.84. The van der Waals surface area contributed by atoms with E-state index in [0.717, 1.165) is 25.6 Å². The SMILES string of the molecule is N#CC(CCOCC1CCCCCC1)NC1CC1. The molecule has 102 valence electrons. The fraction of sp³-hybridized carbons (Fsp3) is 0.933. The van der Waals surface area contributed by atoms with E-state index in [2.05, 4.69) is 11.4 Å². The van der Waals surface area contributed by atoms with Crippen molar-refractivity contribution in [2.24, 2.45) is 5.92 Å². The van der Waals surface area contributed by atoms with Crippen molar-refractivity contribution < 1.29 is 4.74 Å². The second kappa shape index (κ2) is 7.76. The standard InChI is InChI=1S/C15H26N2O/c16-11-15(17-14-7-8-14)9-10-18-12-13-5-3-1-2-4-6-13/h13-15,17H,1-10,12H2. The van der Waals surface area contributed by atoms with E-state index in [4.69, 9.17) is 10.00 Å². The van der Waals surface area contributed by atoms with Gasteiger partial charge in [-0.05, 0) is 38.0 Å². The van der Waals surface area contributed by atoms with Gasteiger partial charge < -0.3 is 4.74 Å². The summed E-state index contributed by atoms with van der Waals surface area (Å²) in [7, 11) is 0. The van der Waals surface area contributed by atoms with Crippen molar-refractivity contribution in [3.8, 4) is 6.07 Å². The van der Waals surface area contributed by atoms with Crippen LogP contribution < -0.4 is 5.32 Å². The topological polar surface area (TPSA) is 45.0 Å². The van der Waals surface area contributed by atoms with E-state index in [1.165, 1.54) is 51.4 Å². The molecule has 0 radical (unpaired) electrons. The van der Waals surface area contributed by atoms with Crippen LogP contribution in [0.1, 0.15) is 57.8 Å². The molecule has 3 nitrogen and oxygen atoms in total. The first-order valence-corrected chi connectivity index (χ1v) is 7.62. The first-order chi connectivity index (χ1) is 8.88. The van der Waals surface area contributed by atoms with Gasteiger partial charge in [0.1, 0.15) is 0 Å². The van der Waals surface area contributed by atoms with Crippen LogP contribution in [0.4, 0.5) is 0 Å². The summed E-state index contributed by atoms with van der Waals surface area (Å²) in [6.45, 7) is 1.63. The van der Waals surface area contributed by atoms with Crippen LogP contribution in [-0.4, -0.2) is 25.3 Å². The van der Waals surface area contributed by atoms with Gasteiger partial charge >= 0.3 is 0 Å². The van der Waals surface area contributed by atoms with Crippen LogP contribution in [0.5, 0.6) is 0 Å². The van der Waals surface area contributed by atoms with E-state index in [-0.39, 0.29) is 6.04 Å². The van der Waals surface area contributed by atoms with Crippen molar-refractivity contribution in [1.29, 1.82) is 5.26 Å². The van der Waals surface area contributed by atoms with Gasteiger partial charge in [0, 0.05) is 19.3 Å². The summed E-state index contributed by atoms with van der Waals surface area (Å²) in [6, 6.07) is 2.93. The first kappa shape index (κ1) is 13.8. The van der Waals surface area contributed by atoms with Crippen LogP contribution >= 0.6 is 0 Å². The molecular weight excluding hydrogens is 224 g/mol. The summed E-state index contributed by atoms with van der Waals surface area (Å²) in [6.07, 6.45) is 11.5. The lowest BCUT2D eigenvalue weighted by Crippen LogP contribution is -2.30. The average molecular weight is 250 g/mol. The zero-order chi connectivity index (χ0) is 12.6. The number of hydrogen-bond acceptors (Lipinski definition) is 3. The van der Waals surface area contributed by atoms with Gasteiger partial charge in [0.15, 0.2) is 0 Å². The van der Waals surface area contributed by atoms with Crippen molar-refractivity contribution in [3.05, 3.63) is 0 Å². The van der Waals surface area contributed by atoms with E-state index >= 15 is 0 Å². The van der Waals surface area contributed by atoms with Crippen molar-refractivity contribution >= 4 is 0 Å². The third-order valence-electron chi connectivity index (χ3n) is 4.05. The lowest BCUT2D eigenvalue weighted by Gasteiger charge is -2.15. The number of hydrogen-bond donors (Lipinski definition) is 1. The quantitative estimate of drug-likeness (QED) is 0.558. The highest BCUT2D eigenvalue weighted by Crippen LogP contribution is 2.23. The highest BCUT2D eigenvalue weighted by molar-refractivity contribution is 4.95. The van der Waals surface area contributed by atoms with Crippen LogP contribution in [0.3, 0.4) is 0 Å². The van der Waals surface area contributed by atoms with Crippen LogP contribution in [0.15, 0.2) is 0 Å². The monoisotopic (exact) mass is 250 g/mol. The molecule has 2 aliphatic rings. The molecule has 0 amide bonds. The van der Waals surface area contributed by atoms with E-state index in [1.807, 2.05) is 0 Å². The van der Waals surface area contributed by atoms with Crippen molar-refractivity contribution in [2.75, 3.05) is 13.2 Å². The zero-order valence-electron chi connectivity index (χ0n) is 11.4. The maximum atomic E-state index is 9.02. The molecule has 0 aliphatic heterocycles. The number of nitrogens with zero attached hydrogens (tertiary/aromatic N) is 1. The molecule has 1 atom stereocenters. The molecule has 2 fully saturated rings. The van der Waals surface area contributed by atoms with Crippen molar-refractivity contribution in [3.63, 3.8) is 0 Å². The van der Waals surface area contributed by atoms with Crippen LogP contribution in [-0.2, 0) is 4.74 Å². The Morgan fingerprint density at radius 2 is 1.83 bits per heavy atom. The summed E-state index contributed by atoms with van der Waals surface area (Å²) in [5.41, 5.74) is 0. The molecule has 3 heteroatoms. The van der Waals surface area contributed by atoms with Gasteiger partial charge in [-0.1, -0.05) is 25.7 Å². The van der Waals surface area contributed by atoms with Gasteiger partial charge in [-0.15, -0.1) is 0 Å². The van der Waals surface area contributed by atoms with Gasteiger partial charge in [0.2, 0.25) is 0 Å². The van der Waals surface area contributed by atoms with Crippen molar-refractivity contribution in [2.45, 2.75) is 69.9 Å². The number of nitriles is 1. The smallest absolute Gasteiger partial charge is 0.0977 e. The highest BCUT2D eigenvalue weighted by Gasteiger charge is 2.24. The molecule has 2 aliphatic carbocycles. The van der Waals surface area contributed by atoms with Crippen LogP contribution in [0.25, 0.3) is 0 Å². The predicted octanol–water partition coefficient (Wildman–Crippen LogP) is 3.01. The first-order valence-electron chi connectivity index (χ1n) is 7.62. The van der Waals surface area contributed by atoms with E-state index in [1.54, 1.807) is 0 Å². The lowest BCUT2D eigenvalue weighted by molar-refractivity contribution is 0.0892. The minimum atomic E-state index is -0.00775. The summed E-state index contributed by atoms with van der Waals surface area (Å²) in [5, 5.41) is 12.4. The van der Waals surface area contributed by atoms with Crippen LogP contribution in [0.2, 0.25) is 0 Å². The average Bonchev–Trinajstić information content (AvgIpc) is 3.20. The Kier molecular flexibility index (Phi) is 5.96. The highest BCUT2D eigenvalue weighted by atomic mass is 16.5. The summed E-state index contributed by atoms with van der Waals surface area (Å²) in [5.74, 6) is 0.768. The predicted molar refractivity (Wildman–Crippen MR) is 72.2 cm³/mol. The molecule has 0 spiro atoms. The second-order valence-corrected chi connectivity index (χ2v) is 5.84. The van der Waals surface area contributed by atoms with Gasteiger partial charge in [-0.2, -0.15) is 5.26 Å². The molecule has 2 saturated carbocycles. The van der Waals surface area contributed by atoms with Crippen LogP contribution in [0, 0.1) is 17.2 Å². The number of rotatable bonds is 7. The third kappa shape index (κ3) is 5.37. The maximum Gasteiger partial charge on any atom is 0.0977 e. The van der Waals surface area contributed by atoms with Crippen molar-refractivity contribution in [1.82, 2.24) is 5.32 Å². The van der Waals surface area contributed by atoms with Gasteiger partial charge in [-0.3, -0.25) is 5.32 Å². The molecule has 18 heavy (non-hydrogen) atoms. The molecule has 0 aromatic rings. The Balaban J connectivity index is 1.52. The third-order valence-corrected chi connectivity index (χ3v) is 4.05. The number of ether oxygens (including phenoxy) is 1. The summed E-state index contributed by atoms with van der Waals surface area (Å²) < 4.78 is 5.77. The summed E-state index contributed by atoms with van der Waals surface area (Å²) in [4.78, 5) is 0. The summed E-state index contributed by atoms with van der Waals surface area (Å²) >= 11 is 0. The Morgan fingerprint density at radius 1 is 1.11 bits per heavy atom. The molecule has 0 aromatic carbocycles. The Labute approximate surface area is 111 Å². The molecule has 1 N–H and O–H groups in total. The molecule has 0 bridgehead atoms. The number of nitrogens with one attached hydrogen (secondary N) is 1. The molecule has 0 aromatic heterocycles.